The van der Waals surface area contributed by atoms with Crippen molar-refractivity contribution in [2.75, 3.05) is 12.3 Å². The van der Waals surface area contributed by atoms with Crippen LogP contribution in [0.5, 0.6) is 0 Å². The molecule has 1 aliphatic rings. The molecule has 4 nitrogen and oxygen atoms in total. The second kappa shape index (κ2) is 6.57. The lowest BCUT2D eigenvalue weighted by atomic mass is 10.1. The average molecular weight is 248 g/mol. The van der Waals surface area contributed by atoms with Crippen LogP contribution in [0.25, 0.3) is 0 Å². The van der Waals surface area contributed by atoms with Gasteiger partial charge in [0.2, 0.25) is 10.0 Å². The zero-order valence-corrected chi connectivity index (χ0v) is 11.1. The molecule has 1 aliphatic heterocycles. The fraction of sp³-hybridized carbons (Fsp3) is 1.00. The Kier molecular flexibility index (Phi) is 5.72. The third-order valence-electron chi connectivity index (χ3n) is 2.94. The maximum absolute atomic E-state index is 11.8. The topological polar surface area (TPSA) is 58.2 Å². The Labute approximate surface area is 99.2 Å². The van der Waals surface area contributed by atoms with Gasteiger partial charge < -0.3 is 5.32 Å². The molecule has 0 spiro atoms. The van der Waals surface area contributed by atoms with Crippen LogP contribution in [-0.2, 0) is 10.0 Å². The van der Waals surface area contributed by atoms with Gasteiger partial charge in [0, 0.05) is 12.1 Å². The molecule has 1 saturated heterocycles. The van der Waals surface area contributed by atoms with Crippen LogP contribution >= 0.6 is 0 Å². The molecule has 96 valence electrons. The molecule has 0 amide bonds. The minimum atomic E-state index is -3.12. The number of nitrogens with one attached hydrogen (secondary N) is 2. The molecule has 2 atom stereocenters. The first-order chi connectivity index (χ1) is 7.53. The summed E-state index contributed by atoms with van der Waals surface area (Å²) in [5.41, 5.74) is 0. The van der Waals surface area contributed by atoms with Crippen LogP contribution in [0.4, 0.5) is 0 Å². The number of hydrogen-bond donors (Lipinski definition) is 2. The lowest BCUT2D eigenvalue weighted by molar-refractivity contribution is 0.421. The summed E-state index contributed by atoms with van der Waals surface area (Å²) in [6.45, 7) is 4.94. The third kappa shape index (κ3) is 5.27. The molecule has 2 N–H and O–H groups in total. The van der Waals surface area contributed by atoms with Gasteiger partial charge in [-0.25, -0.2) is 13.1 Å². The van der Waals surface area contributed by atoms with Crippen molar-refractivity contribution in [3.05, 3.63) is 0 Å². The highest BCUT2D eigenvalue weighted by molar-refractivity contribution is 7.89. The van der Waals surface area contributed by atoms with Crippen molar-refractivity contribution in [1.29, 1.82) is 0 Å². The number of rotatable bonds is 6. The quantitative estimate of drug-likeness (QED) is 0.743. The molecule has 0 radical (unpaired) electrons. The minimum absolute atomic E-state index is 0.0543. The Balaban J connectivity index is 2.38. The monoisotopic (exact) mass is 248 g/mol. The predicted octanol–water partition coefficient (Wildman–Crippen LogP) is 1.24. The fourth-order valence-electron chi connectivity index (χ4n) is 2.18. The number of hydrogen-bond acceptors (Lipinski definition) is 3. The molecule has 0 aromatic heterocycles. The van der Waals surface area contributed by atoms with Crippen molar-refractivity contribution in [3.8, 4) is 0 Å². The Bertz CT molecular complexity index is 284. The molecule has 16 heavy (non-hydrogen) atoms. The lowest BCUT2D eigenvalue weighted by Crippen LogP contribution is -2.44. The van der Waals surface area contributed by atoms with Gasteiger partial charge in [-0.3, -0.25) is 0 Å². The number of sulfonamides is 1. The van der Waals surface area contributed by atoms with E-state index >= 15 is 0 Å². The van der Waals surface area contributed by atoms with Gasteiger partial charge in [0.05, 0.1) is 5.75 Å². The molecule has 0 aromatic rings. The van der Waals surface area contributed by atoms with Gasteiger partial charge in [0.15, 0.2) is 0 Å². The second-order valence-electron chi connectivity index (χ2n) is 4.74. The van der Waals surface area contributed by atoms with Crippen molar-refractivity contribution in [1.82, 2.24) is 10.0 Å². The van der Waals surface area contributed by atoms with Gasteiger partial charge in [-0.05, 0) is 32.7 Å². The Morgan fingerprint density at radius 3 is 2.75 bits per heavy atom. The van der Waals surface area contributed by atoms with Crippen molar-refractivity contribution >= 4 is 10.0 Å². The van der Waals surface area contributed by atoms with E-state index in [-0.39, 0.29) is 17.8 Å². The zero-order valence-electron chi connectivity index (χ0n) is 10.3. The lowest BCUT2D eigenvalue weighted by Gasteiger charge is -2.24. The van der Waals surface area contributed by atoms with Crippen LogP contribution in [-0.4, -0.2) is 32.8 Å². The first-order valence-electron chi connectivity index (χ1n) is 6.27. The smallest absolute Gasteiger partial charge is 0.213 e. The SMILES string of the molecule is CCCC(C)NS(=O)(=O)CC1CCCCN1. The highest BCUT2D eigenvalue weighted by Gasteiger charge is 2.21. The van der Waals surface area contributed by atoms with Gasteiger partial charge in [-0.15, -0.1) is 0 Å². The predicted molar refractivity (Wildman–Crippen MR) is 66.9 cm³/mol. The van der Waals surface area contributed by atoms with Gasteiger partial charge in [-0.2, -0.15) is 0 Å². The van der Waals surface area contributed by atoms with Crippen LogP contribution in [0.2, 0.25) is 0 Å². The summed E-state index contributed by atoms with van der Waals surface area (Å²) < 4.78 is 26.4. The van der Waals surface area contributed by atoms with Gasteiger partial charge in [0.1, 0.15) is 0 Å². The molecule has 2 unspecified atom stereocenters. The highest BCUT2D eigenvalue weighted by Crippen LogP contribution is 2.09. The van der Waals surface area contributed by atoms with E-state index in [0.29, 0.717) is 0 Å². The van der Waals surface area contributed by atoms with E-state index in [1.165, 1.54) is 0 Å². The summed E-state index contributed by atoms with van der Waals surface area (Å²) in [6.07, 6.45) is 5.18. The largest absolute Gasteiger partial charge is 0.313 e. The van der Waals surface area contributed by atoms with E-state index in [1.807, 2.05) is 6.92 Å². The first-order valence-corrected chi connectivity index (χ1v) is 7.92. The first kappa shape index (κ1) is 13.9. The molecular weight excluding hydrogens is 224 g/mol. The average Bonchev–Trinajstić information content (AvgIpc) is 2.17. The van der Waals surface area contributed by atoms with Gasteiger partial charge >= 0.3 is 0 Å². The van der Waals surface area contributed by atoms with E-state index in [4.69, 9.17) is 0 Å². The third-order valence-corrected chi connectivity index (χ3v) is 4.54. The Hall–Kier alpha value is -0.130. The highest BCUT2D eigenvalue weighted by atomic mass is 32.2. The van der Waals surface area contributed by atoms with E-state index in [0.717, 1.165) is 38.6 Å². The van der Waals surface area contributed by atoms with Crippen LogP contribution in [0.1, 0.15) is 46.0 Å². The van der Waals surface area contributed by atoms with Crippen molar-refractivity contribution < 1.29 is 8.42 Å². The maximum atomic E-state index is 11.8. The molecule has 1 rings (SSSR count). The summed E-state index contributed by atoms with van der Waals surface area (Å²) in [4.78, 5) is 0. The van der Waals surface area contributed by atoms with Gasteiger partial charge in [-0.1, -0.05) is 19.8 Å². The standard InChI is InChI=1S/C11H24N2O2S/c1-3-6-10(2)13-16(14,15)9-11-7-4-5-8-12-11/h10-13H,3-9H2,1-2H3. The van der Waals surface area contributed by atoms with Gasteiger partial charge in [0.25, 0.3) is 0 Å². The molecule has 0 bridgehead atoms. The molecule has 1 fully saturated rings. The van der Waals surface area contributed by atoms with Crippen LogP contribution in [0.3, 0.4) is 0 Å². The van der Waals surface area contributed by atoms with Crippen LogP contribution < -0.4 is 10.0 Å². The van der Waals surface area contributed by atoms with E-state index < -0.39 is 10.0 Å². The Morgan fingerprint density at radius 2 is 2.19 bits per heavy atom. The zero-order chi connectivity index (χ0) is 12.0. The summed E-state index contributed by atoms with van der Waals surface area (Å²) in [6, 6.07) is 0.193. The summed E-state index contributed by atoms with van der Waals surface area (Å²) in [5.74, 6) is 0.223. The van der Waals surface area contributed by atoms with Crippen molar-refractivity contribution in [2.45, 2.75) is 58.0 Å². The maximum Gasteiger partial charge on any atom is 0.213 e. The summed E-state index contributed by atoms with van der Waals surface area (Å²) in [5, 5.41) is 3.26. The van der Waals surface area contributed by atoms with Crippen molar-refractivity contribution in [2.24, 2.45) is 0 Å². The van der Waals surface area contributed by atoms with E-state index in [2.05, 4.69) is 17.0 Å². The normalized spacial score (nSPS) is 24.2. The van der Waals surface area contributed by atoms with Crippen LogP contribution in [0.15, 0.2) is 0 Å². The molecule has 0 aliphatic carbocycles. The van der Waals surface area contributed by atoms with Crippen LogP contribution in [0, 0.1) is 0 Å². The molecule has 0 saturated carbocycles. The fourth-order valence-corrected chi connectivity index (χ4v) is 3.82. The van der Waals surface area contributed by atoms with Crippen molar-refractivity contribution in [3.63, 3.8) is 0 Å². The minimum Gasteiger partial charge on any atom is -0.313 e. The Morgan fingerprint density at radius 1 is 1.44 bits per heavy atom. The molecule has 5 heteroatoms. The second-order valence-corrected chi connectivity index (χ2v) is 6.53. The summed E-state index contributed by atoms with van der Waals surface area (Å²) in [7, 11) is -3.12. The van der Waals surface area contributed by atoms with E-state index in [1.54, 1.807) is 0 Å². The summed E-state index contributed by atoms with van der Waals surface area (Å²) >= 11 is 0. The molecular formula is C11H24N2O2S. The van der Waals surface area contributed by atoms with E-state index in [9.17, 15) is 8.42 Å². The number of piperidine rings is 1. The molecule has 0 aromatic carbocycles. The molecule has 1 heterocycles.